The van der Waals surface area contributed by atoms with Crippen molar-refractivity contribution in [2.45, 2.75) is 87.4 Å². The molecule has 0 aromatic heterocycles. The van der Waals surface area contributed by atoms with Crippen LogP contribution in [0.5, 0.6) is 11.5 Å². The second kappa shape index (κ2) is 19.1. The summed E-state index contributed by atoms with van der Waals surface area (Å²) in [5.41, 5.74) is 5.59. The Balaban J connectivity index is 0.916. The molecule has 10 nitrogen and oxygen atoms in total. The lowest BCUT2D eigenvalue weighted by Gasteiger charge is -2.36. The second-order valence-corrected chi connectivity index (χ2v) is 14.8. The van der Waals surface area contributed by atoms with E-state index in [4.69, 9.17) is 42.1 Å². The van der Waals surface area contributed by atoms with Crippen molar-refractivity contribution in [2.75, 3.05) is 26.4 Å². The van der Waals surface area contributed by atoms with Gasteiger partial charge in [-0.25, -0.2) is 0 Å². The third-order valence-corrected chi connectivity index (χ3v) is 10.8. The highest BCUT2D eigenvalue weighted by atomic mass is 35.5. The highest BCUT2D eigenvalue weighted by Crippen LogP contribution is 2.36. The molecule has 8 atom stereocenters. The van der Waals surface area contributed by atoms with E-state index >= 15 is 0 Å². The molecule has 6 rings (SSSR count). The molecule has 0 radical (unpaired) electrons. The van der Waals surface area contributed by atoms with E-state index in [9.17, 15) is 30.6 Å². The maximum Gasteiger partial charge on any atom is 0.119 e. The van der Waals surface area contributed by atoms with Gasteiger partial charge >= 0.3 is 0 Å². The Hall–Kier alpha value is -3.26. The number of rotatable bonds is 15. The molecule has 2 fully saturated rings. The molecule has 12 heteroatoms. The minimum Gasteiger partial charge on any atom is -0.494 e. The van der Waals surface area contributed by atoms with Gasteiger partial charge in [0.1, 0.15) is 35.9 Å². The Morgan fingerprint density at radius 1 is 0.556 bits per heavy atom. The smallest absolute Gasteiger partial charge is 0.119 e. The highest BCUT2D eigenvalue weighted by molar-refractivity contribution is 6.31. The van der Waals surface area contributed by atoms with E-state index in [1.54, 1.807) is 12.1 Å². The van der Waals surface area contributed by atoms with Gasteiger partial charge in [0.15, 0.2) is 0 Å². The van der Waals surface area contributed by atoms with Crippen LogP contribution in [0.4, 0.5) is 0 Å². The molecule has 2 heterocycles. The summed E-state index contributed by atoms with van der Waals surface area (Å²) in [4.78, 5) is 0. The van der Waals surface area contributed by atoms with Crippen molar-refractivity contribution in [1.82, 2.24) is 0 Å². The van der Waals surface area contributed by atoms with E-state index in [2.05, 4.69) is 0 Å². The fourth-order valence-corrected chi connectivity index (χ4v) is 7.30. The van der Waals surface area contributed by atoms with Crippen LogP contribution in [0, 0.1) is 0 Å². The van der Waals surface area contributed by atoms with Gasteiger partial charge in [-0.1, -0.05) is 71.7 Å². The van der Waals surface area contributed by atoms with E-state index in [1.807, 2.05) is 72.8 Å². The number of benzene rings is 4. The predicted molar refractivity (Wildman–Crippen MR) is 204 cm³/mol. The van der Waals surface area contributed by atoms with Crippen LogP contribution < -0.4 is 9.47 Å². The summed E-state index contributed by atoms with van der Waals surface area (Å²) in [5.74, 6) is 1.55. The van der Waals surface area contributed by atoms with Crippen molar-refractivity contribution < 1.29 is 49.6 Å². The highest BCUT2D eigenvalue weighted by Gasteiger charge is 2.38. The first-order valence-electron chi connectivity index (χ1n) is 18.4. The summed E-state index contributed by atoms with van der Waals surface area (Å²) >= 11 is 13.1. The molecule has 0 aliphatic carbocycles. The molecule has 6 N–H and O–H groups in total. The standard InChI is InChI=1S/C42H48Cl2O10/c43-33-13-7-27(37-21-35(47)41(49)39(23-45)53-37)19-29(33)17-25-3-9-31(10-4-25)51-15-1-2-16-52-32-11-5-26(6-12-32)18-30-20-28(8-14-34(30)44)38-22-36(48)42(50)40(24-46)54-38/h3-14,19-20,35-42,45-50H,1-2,15-18,21-24H2/t35?,36?,37?,38?,39?,40?,41-,42-/m0/s1. The molecule has 4 aromatic carbocycles. The van der Waals surface area contributed by atoms with Crippen LogP contribution in [-0.4, -0.2) is 93.7 Å². The number of aliphatic hydroxyl groups excluding tert-OH is 6. The minimum atomic E-state index is -1.12. The number of aliphatic hydroxyl groups is 6. The fraction of sp³-hybridized carbons (Fsp3) is 0.429. The monoisotopic (exact) mass is 782 g/mol. The molecule has 4 aromatic rings. The second-order valence-electron chi connectivity index (χ2n) is 14.0. The van der Waals surface area contributed by atoms with E-state index < -0.39 is 48.8 Å². The molecule has 2 saturated heterocycles. The van der Waals surface area contributed by atoms with Crippen LogP contribution in [0.3, 0.4) is 0 Å². The Kier molecular flexibility index (Phi) is 14.3. The van der Waals surface area contributed by atoms with E-state index in [0.29, 0.717) is 36.1 Å². The van der Waals surface area contributed by atoms with Crippen molar-refractivity contribution in [1.29, 1.82) is 0 Å². The van der Waals surface area contributed by atoms with Crippen molar-refractivity contribution in [2.24, 2.45) is 0 Å². The Bertz CT molecular complexity index is 1660. The van der Waals surface area contributed by atoms with Crippen LogP contribution in [0.25, 0.3) is 0 Å². The van der Waals surface area contributed by atoms with Crippen LogP contribution in [-0.2, 0) is 22.3 Å². The first-order valence-corrected chi connectivity index (χ1v) is 19.1. The van der Waals surface area contributed by atoms with Gasteiger partial charge in [-0.15, -0.1) is 0 Å². The Morgan fingerprint density at radius 2 is 0.944 bits per heavy atom. The molecule has 290 valence electrons. The molecule has 0 amide bonds. The topological polar surface area (TPSA) is 158 Å². The van der Waals surface area contributed by atoms with Crippen LogP contribution in [0.15, 0.2) is 84.9 Å². The van der Waals surface area contributed by atoms with Gasteiger partial charge < -0.3 is 49.6 Å². The van der Waals surface area contributed by atoms with Crippen molar-refractivity contribution in [3.63, 3.8) is 0 Å². The lowest BCUT2D eigenvalue weighted by Crippen LogP contribution is -2.47. The number of ether oxygens (including phenoxy) is 4. The maximum atomic E-state index is 10.2. The van der Waals surface area contributed by atoms with Gasteiger partial charge in [0.2, 0.25) is 0 Å². The molecule has 6 unspecified atom stereocenters. The molecule has 0 bridgehead atoms. The summed E-state index contributed by atoms with van der Waals surface area (Å²) in [5, 5.41) is 60.9. The summed E-state index contributed by atoms with van der Waals surface area (Å²) in [7, 11) is 0. The lowest BCUT2D eigenvalue weighted by molar-refractivity contribution is -0.181. The van der Waals surface area contributed by atoms with Gasteiger partial charge in [-0.2, -0.15) is 0 Å². The van der Waals surface area contributed by atoms with E-state index in [0.717, 1.165) is 57.7 Å². The predicted octanol–water partition coefficient (Wildman–Crippen LogP) is 5.50. The molecule has 54 heavy (non-hydrogen) atoms. The van der Waals surface area contributed by atoms with E-state index in [1.165, 1.54) is 0 Å². The zero-order valence-corrected chi connectivity index (χ0v) is 31.4. The first-order chi connectivity index (χ1) is 26.1. The lowest BCUT2D eigenvalue weighted by atomic mass is 9.92. The summed E-state index contributed by atoms with van der Waals surface area (Å²) in [6, 6.07) is 27.0. The van der Waals surface area contributed by atoms with Gasteiger partial charge in [-0.05, 0) is 95.5 Å². The number of halogens is 2. The zero-order valence-electron chi connectivity index (χ0n) is 29.8. The average molecular weight is 784 g/mol. The van der Waals surface area contributed by atoms with Crippen molar-refractivity contribution in [3.05, 3.63) is 128 Å². The molecular formula is C42H48Cl2O10. The zero-order chi connectivity index (χ0) is 38.2. The van der Waals surface area contributed by atoms with E-state index in [-0.39, 0.29) is 26.1 Å². The molecule has 0 saturated carbocycles. The average Bonchev–Trinajstić information content (AvgIpc) is 3.18. The van der Waals surface area contributed by atoms with Crippen LogP contribution in [0.1, 0.15) is 71.3 Å². The third kappa shape index (κ3) is 10.3. The number of unbranched alkanes of at least 4 members (excludes halogenated alkanes) is 1. The summed E-state index contributed by atoms with van der Waals surface area (Å²) in [6.45, 7) is 0.351. The maximum absolute atomic E-state index is 10.2. The Labute approximate surface area is 325 Å². The summed E-state index contributed by atoms with van der Waals surface area (Å²) in [6.07, 6.45) is -3.54. The molecule has 0 spiro atoms. The fourth-order valence-electron chi connectivity index (χ4n) is 6.93. The van der Waals surface area contributed by atoms with Gasteiger partial charge in [0.25, 0.3) is 0 Å². The molecule has 2 aliphatic heterocycles. The van der Waals surface area contributed by atoms with Gasteiger partial charge in [-0.3, -0.25) is 0 Å². The van der Waals surface area contributed by atoms with Crippen molar-refractivity contribution >= 4 is 23.2 Å². The summed E-state index contributed by atoms with van der Waals surface area (Å²) < 4.78 is 23.6. The molecular weight excluding hydrogens is 735 g/mol. The Morgan fingerprint density at radius 3 is 1.31 bits per heavy atom. The number of hydrogen-bond donors (Lipinski definition) is 6. The largest absolute Gasteiger partial charge is 0.494 e. The normalized spacial score (nSPS) is 25.7. The van der Waals surface area contributed by atoms with Crippen molar-refractivity contribution in [3.8, 4) is 11.5 Å². The SMILES string of the molecule is OCC1OC(c2ccc(Cl)c(Cc3ccc(OCCCCOc4ccc(Cc5cc(C6CC(O)[C@H](O)C(CO)O6)ccc5Cl)cc4)cc3)c2)CC(O)[C@@H]1O. The van der Waals surface area contributed by atoms with Crippen LogP contribution >= 0.6 is 23.2 Å². The van der Waals surface area contributed by atoms with Gasteiger partial charge in [0.05, 0.1) is 50.8 Å². The number of hydrogen-bond acceptors (Lipinski definition) is 10. The van der Waals surface area contributed by atoms with Gasteiger partial charge in [0, 0.05) is 22.9 Å². The third-order valence-electron chi connectivity index (χ3n) is 10.1. The molecule has 2 aliphatic rings. The minimum absolute atomic E-state index is 0.227. The first kappa shape index (κ1) is 40.4. The quantitative estimate of drug-likeness (QED) is 0.0851. The van der Waals surface area contributed by atoms with Crippen LogP contribution in [0.2, 0.25) is 10.0 Å².